The highest BCUT2D eigenvalue weighted by molar-refractivity contribution is 7.98. The summed E-state index contributed by atoms with van der Waals surface area (Å²) < 4.78 is 12.1. The van der Waals surface area contributed by atoms with E-state index >= 15 is 0 Å². The van der Waals surface area contributed by atoms with Crippen LogP contribution in [-0.2, 0) is 16.0 Å². The van der Waals surface area contributed by atoms with Gasteiger partial charge in [-0.1, -0.05) is 31.2 Å². The van der Waals surface area contributed by atoms with Crippen molar-refractivity contribution in [1.82, 2.24) is 4.90 Å². The molecule has 4 rings (SSSR count). The fourth-order valence-corrected chi connectivity index (χ4v) is 6.41. The molecule has 1 heterocycles. The van der Waals surface area contributed by atoms with Crippen LogP contribution in [-0.4, -0.2) is 53.6 Å². The lowest BCUT2D eigenvalue weighted by Gasteiger charge is -2.28. The molecule has 222 valence electrons. The van der Waals surface area contributed by atoms with Crippen LogP contribution in [0.4, 0.5) is 4.79 Å². The molecule has 0 bridgehead atoms. The van der Waals surface area contributed by atoms with E-state index in [1.54, 1.807) is 30.5 Å². The second kappa shape index (κ2) is 13.0. The molecule has 1 amide bonds. The lowest BCUT2D eigenvalue weighted by molar-refractivity contribution is -0.129. The molecule has 0 aromatic heterocycles. The van der Waals surface area contributed by atoms with Crippen molar-refractivity contribution >= 4 is 29.4 Å². The summed E-state index contributed by atoms with van der Waals surface area (Å²) in [4.78, 5) is 42.0. The maximum atomic E-state index is 13.8. The molecule has 2 aliphatic rings. The van der Waals surface area contributed by atoms with Crippen LogP contribution in [0.5, 0.6) is 5.75 Å². The molecule has 0 radical (unpaired) electrons. The number of thioether (sulfide) groups is 1. The third-order valence-corrected chi connectivity index (χ3v) is 9.61. The minimum absolute atomic E-state index is 0.0343. The summed E-state index contributed by atoms with van der Waals surface area (Å²) in [5.74, 6) is 1.07. The first-order valence-corrected chi connectivity index (χ1v) is 16.0. The van der Waals surface area contributed by atoms with Crippen LogP contribution in [0, 0.1) is 31.6 Å². The van der Waals surface area contributed by atoms with Gasteiger partial charge in [0.25, 0.3) is 0 Å². The van der Waals surface area contributed by atoms with Gasteiger partial charge in [0.2, 0.25) is 0 Å². The van der Waals surface area contributed by atoms with E-state index in [-0.39, 0.29) is 35.6 Å². The number of carbonyl (C=O) groups excluding carboxylic acids is 3. The molecule has 41 heavy (non-hydrogen) atoms. The highest BCUT2D eigenvalue weighted by Gasteiger charge is 2.41. The number of nitrogens with zero attached hydrogens (tertiary/aromatic N) is 1. The normalized spacial score (nSPS) is 22.9. The van der Waals surface area contributed by atoms with Gasteiger partial charge in [-0.3, -0.25) is 9.59 Å². The van der Waals surface area contributed by atoms with Crippen molar-refractivity contribution in [3.8, 4) is 5.75 Å². The number of amides is 1. The Morgan fingerprint density at radius 3 is 2.15 bits per heavy atom. The Morgan fingerprint density at radius 2 is 1.59 bits per heavy atom. The van der Waals surface area contributed by atoms with Crippen molar-refractivity contribution in [2.24, 2.45) is 17.8 Å². The van der Waals surface area contributed by atoms with Gasteiger partial charge in [-0.05, 0) is 114 Å². The number of hydrogen-bond donors (Lipinski definition) is 0. The van der Waals surface area contributed by atoms with Crippen LogP contribution in [0.2, 0.25) is 0 Å². The Bertz CT molecular complexity index is 1240. The quantitative estimate of drug-likeness (QED) is 0.227. The van der Waals surface area contributed by atoms with Gasteiger partial charge in [0.05, 0.1) is 0 Å². The van der Waals surface area contributed by atoms with Gasteiger partial charge >= 0.3 is 6.09 Å². The first kappa shape index (κ1) is 31.1. The van der Waals surface area contributed by atoms with Crippen LogP contribution >= 0.6 is 11.8 Å². The lowest BCUT2D eigenvalue weighted by Crippen LogP contribution is -2.36. The third kappa shape index (κ3) is 7.54. The zero-order chi connectivity index (χ0) is 29.9. The van der Waals surface area contributed by atoms with Gasteiger partial charge in [-0.2, -0.15) is 0 Å². The van der Waals surface area contributed by atoms with Crippen LogP contribution in [0.25, 0.3) is 0 Å². The first-order valence-electron chi connectivity index (χ1n) is 14.8. The van der Waals surface area contributed by atoms with Gasteiger partial charge in [-0.15, -0.1) is 11.8 Å². The number of ketones is 2. The number of benzene rings is 2. The van der Waals surface area contributed by atoms with Gasteiger partial charge < -0.3 is 14.4 Å². The van der Waals surface area contributed by atoms with Crippen LogP contribution in [0.15, 0.2) is 41.3 Å². The summed E-state index contributed by atoms with van der Waals surface area (Å²) >= 11 is 1.64. The highest BCUT2D eigenvalue weighted by Crippen LogP contribution is 2.35. The molecule has 1 saturated heterocycles. The lowest BCUT2D eigenvalue weighted by atomic mass is 9.84. The molecule has 6 nitrogen and oxygen atoms in total. The second-order valence-electron chi connectivity index (χ2n) is 12.6. The molecule has 1 aliphatic carbocycles. The van der Waals surface area contributed by atoms with E-state index in [1.165, 1.54) is 6.92 Å². The molecule has 0 N–H and O–H groups in total. The maximum absolute atomic E-state index is 13.8. The highest BCUT2D eigenvalue weighted by atomic mass is 32.2. The van der Waals surface area contributed by atoms with Crippen LogP contribution in [0.3, 0.4) is 0 Å². The molecule has 2 aromatic rings. The monoisotopic (exact) mass is 579 g/mol. The van der Waals surface area contributed by atoms with Crippen LogP contribution in [0.1, 0.15) is 80.4 Å². The zero-order valence-electron chi connectivity index (χ0n) is 25.6. The minimum atomic E-state index is -0.914. The van der Waals surface area contributed by atoms with Crippen molar-refractivity contribution in [2.45, 2.75) is 90.2 Å². The molecule has 2 aromatic carbocycles. The molecule has 2 atom stereocenters. The Morgan fingerprint density at radius 1 is 0.976 bits per heavy atom. The average molecular weight is 580 g/mol. The SMILES string of the molecule is CSc1ccc(C(=O)[C@@H]2CN(C(=O)OC3CCC(C)CC3)C[C@H]2Cc2cc(C)c(OC(C)(C)C(C)=O)c(C)c2)cc1. The predicted molar refractivity (Wildman–Crippen MR) is 164 cm³/mol. The van der Waals surface area contributed by atoms with Crippen molar-refractivity contribution < 1.29 is 23.9 Å². The maximum Gasteiger partial charge on any atom is 0.410 e. The van der Waals surface area contributed by atoms with Gasteiger partial charge in [-0.25, -0.2) is 4.79 Å². The number of Topliss-reactive ketones (excluding diaryl/α,β-unsaturated/α-hetero) is 2. The van der Waals surface area contributed by atoms with E-state index in [0.717, 1.165) is 47.3 Å². The number of hydrogen-bond acceptors (Lipinski definition) is 6. The van der Waals surface area contributed by atoms with E-state index < -0.39 is 5.60 Å². The second-order valence-corrected chi connectivity index (χ2v) is 13.4. The molecule has 0 spiro atoms. The number of likely N-dealkylation sites (tertiary alicyclic amines) is 1. The molecule has 0 unspecified atom stereocenters. The summed E-state index contributed by atoms with van der Waals surface area (Å²) in [6, 6.07) is 11.9. The predicted octanol–water partition coefficient (Wildman–Crippen LogP) is 7.46. The smallest absolute Gasteiger partial charge is 0.410 e. The average Bonchev–Trinajstić information content (AvgIpc) is 3.35. The van der Waals surface area contributed by atoms with Crippen molar-refractivity contribution in [1.29, 1.82) is 0 Å². The zero-order valence-corrected chi connectivity index (χ0v) is 26.4. The summed E-state index contributed by atoms with van der Waals surface area (Å²) in [6.07, 6.45) is 6.30. The fraction of sp³-hybridized carbons (Fsp3) is 0.559. The summed E-state index contributed by atoms with van der Waals surface area (Å²) in [5.41, 5.74) is 2.75. The van der Waals surface area contributed by atoms with Gasteiger partial charge in [0.1, 0.15) is 11.9 Å². The Labute approximate surface area is 249 Å². The molecule has 7 heteroatoms. The standard InChI is InChI=1S/C34H45NO5S/c1-21-8-12-28(13-9-21)39-33(38)35-19-27(30(20-35)31(37)26-10-14-29(41-7)15-11-26)18-25-16-22(2)32(23(3)17-25)40-34(5,6)24(4)36/h10-11,14-17,21,27-28,30H,8-9,12-13,18-20H2,1-7H3/t21?,27-,28?,30-/m1/s1. The summed E-state index contributed by atoms with van der Waals surface area (Å²) in [5, 5.41) is 0. The Hall–Kier alpha value is -2.80. The molecular weight excluding hydrogens is 534 g/mol. The summed E-state index contributed by atoms with van der Waals surface area (Å²) in [7, 11) is 0. The van der Waals surface area contributed by atoms with Crippen molar-refractivity contribution in [2.75, 3.05) is 19.3 Å². The van der Waals surface area contributed by atoms with Gasteiger partial charge in [0, 0.05) is 29.5 Å². The minimum Gasteiger partial charge on any atom is -0.480 e. The summed E-state index contributed by atoms with van der Waals surface area (Å²) in [6.45, 7) is 12.2. The molecule has 1 aliphatic heterocycles. The van der Waals surface area contributed by atoms with E-state index in [2.05, 4.69) is 19.1 Å². The Balaban J connectivity index is 1.55. The van der Waals surface area contributed by atoms with E-state index in [1.807, 2.05) is 44.4 Å². The van der Waals surface area contributed by atoms with Crippen molar-refractivity contribution in [3.05, 3.63) is 58.7 Å². The van der Waals surface area contributed by atoms with E-state index in [4.69, 9.17) is 9.47 Å². The van der Waals surface area contributed by atoms with Crippen molar-refractivity contribution in [3.63, 3.8) is 0 Å². The van der Waals surface area contributed by atoms with E-state index in [9.17, 15) is 14.4 Å². The van der Waals surface area contributed by atoms with Crippen LogP contribution < -0.4 is 4.74 Å². The first-order chi connectivity index (χ1) is 19.4. The number of carbonyl (C=O) groups is 3. The number of ether oxygens (including phenoxy) is 2. The van der Waals surface area contributed by atoms with E-state index in [0.29, 0.717) is 36.7 Å². The Kier molecular flexibility index (Phi) is 9.89. The largest absolute Gasteiger partial charge is 0.480 e. The molecule has 2 fully saturated rings. The third-order valence-electron chi connectivity index (χ3n) is 8.86. The number of aryl methyl sites for hydroxylation is 2. The fourth-order valence-electron chi connectivity index (χ4n) is 6.01. The molecular formula is C34H45NO5S. The molecule has 1 saturated carbocycles. The topological polar surface area (TPSA) is 72.9 Å². The number of rotatable bonds is 9. The van der Waals surface area contributed by atoms with Gasteiger partial charge in [0.15, 0.2) is 17.2 Å².